The molecule has 0 aliphatic carbocycles. The van der Waals surface area contributed by atoms with Gasteiger partial charge >= 0.3 is 0 Å². The Morgan fingerprint density at radius 1 is 1.12 bits per heavy atom. The molecule has 0 radical (unpaired) electrons. The second-order valence-corrected chi connectivity index (χ2v) is 10.2. The van der Waals surface area contributed by atoms with E-state index >= 15 is 0 Å². The second kappa shape index (κ2) is 10.9. The van der Waals surface area contributed by atoms with E-state index in [1.54, 1.807) is 13.0 Å². The molecule has 1 aromatic carbocycles. The zero-order chi connectivity index (χ0) is 24.1. The van der Waals surface area contributed by atoms with Gasteiger partial charge in [0.1, 0.15) is 11.5 Å². The van der Waals surface area contributed by atoms with Crippen LogP contribution < -0.4 is 10.1 Å². The first-order valence-electron chi connectivity index (χ1n) is 11.2. The molecule has 33 heavy (non-hydrogen) atoms. The third-order valence-electron chi connectivity index (χ3n) is 5.05. The molecule has 0 aliphatic heterocycles. The molecule has 178 valence electrons. The topological polar surface area (TPSA) is 95.1 Å². The molecule has 0 fully saturated rings. The summed E-state index contributed by atoms with van der Waals surface area (Å²) in [4.78, 5) is 12.6. The van der Waals surface area contributed by atoms with Crippen LogP contribution in [0.1, 0.15) is 70.7 Å². The Morgan fingerprint density at radius 3 is 2.39 bits per heavy atom. The number of hydrogen-bond acceptors (Lipinski definition) is 7. The molecule has 9 heteroatoms. The van der Waals surface area contributed by atoms with Crippen LogP contribution in [0, 0.1) is 12.8 Å². The molecule has 0 saturated carbocycles. The van der Waals surface area contributed by atoms with Crippen LogP contribution in [0.2, 0.25) is 0 Å². The fourth-order valence-corrected chi connectivity index (χ4v) is 4.14. The van der Waals surface area contributed by atoms with Gasteiger partial charge in [-0.3, -0.25) is 4.79 Å². The minimum absolute atomic E-state index is 0.177. The average molecular weight is 472 g/mol. The van der Waals surface area contributed by atoms with Gasteiger partial charge in [-0.2, -0.15) is 0 Å². The fraction of sp³-hybridized carbons (Fsp3) is 0.500. The molecule has 0 aliphatic rings. The van der Waals surface area contributed by atoms with Crippen molar-refractivity contribution in [3.05, 3.63) is 47.5 Å². The second-order valence-electron chi connectivity index (χ2n) is 8.90. The van der Waals surface area contributed by atoms with Crippen LogP contribution in [0.3, 0.4) is 0 Å². The summed E-state index contributed by atoms with van der Waals surface area (Å²) < 4.78 is 13.2. The number of hydrogen-bond donors (Lipinski definition) is 1. The van der Waals surface area contributed by atoms with Gasteiger partial charge in [-0.05, 0) is 50.3 Å². The molecule has 0 spiro atoms. The van der Waals surface area contributed by atoms with Gasteiger partial charge in [0.15, 0.2) is 22.9 Å². The van der Waals surface area contributed by atoms with Gasteiger partial charge in [0.2, 0.25) is 5.91 Å². The minimum Gasteiger partial charge on any atom is -0.483 e. The lowest BCUT2D eigenvalue weighted by Gasteiger charge is -2.19. The number of ether oxygens (including phenoxy) is 1. The Kier molecular flexibility index (Phi) is 8.18. The summed E-state index contributed by atoms with van der Waals surface area (Å²) in [6.07, 6.45) is -0.294. The predicted octanol–water partition coefficient (Wildman–Crippen LogP) is 5.61. The summed E-state index contributed by atoms with van der Waals surface area (Å²) in [6.45, 7) is 14.9. The molecule has 2 atom stereocenters. The zero-order valence-electron chi connectivity index (χ0n) is 20.3. The third-order valence-corrected chi connectivity index (χ3v) is 6.13. The summed E-state index contributed by atoms with van der Waals surface area (Å²) in [7, 11) is 0. The SMILES string of the molecule is Cc1cc(NC(=O)C(C)Sc2nnc(C(C)Oc3ccc(C(C)C)cc3)n2CC(C)C)no1. The third kappa shape index (κ3) is 6.60. The highest BCUT2D eigenvalue weighted by atomic mass is 32.2. The first-order valence-corrected chi connectivity index (χ1v) is 12.1. The average Bonchev–Trinajstić information content (AvgIpc) is 3.33. The number of nitrogens with one attached hydrogen (secondary N) is 1. The van der Waals surface area contributed by atoms with Crippen LogP contribution in [0.25, 0.3) is 0 Å². The lowest BCUT2D eigenvalue weighted by atomic mass is 10.0. The van der Waals surface area contributed by atoms with Gasteiger partial charge in [0.05, 0.1) is 5.25 Å². The van der Waals surface area contributed by atoms with Crippen molar-refractivity contribution in [1.29, 1.82) is 0 Å². The van der Waals surface area contributed by atoms with Crippen molar-refractivity contribution < 1.29 is 14.1 Å². The van der Waals surface area contributed by atoms with Crippen molar-refractivity contribution in [1.82, 2.24) is 19.9 Å². The fourth-order valence-electron chi connectivity index (χ4n) is 3.28. The van der Waals surface area contributed by atoms with Crippen LogP contribution in [0.5, 0.6) is 5.75 Å². The number of amides is 1. The summed E-state index contributed by atoms with van der Waals surface area (Å²) in [5, 5.41) is 15.7. The highest BCUT2D eigenvalue weighted by Gasteiger charge is 2.24. The van der Waals surface area contributed by atoms with E-state index < -0.39 is 5.25 Å². The largest absolute Gasteiger partial charge is 0.483 e. The first-order chi connectivity index (χ1) is 15.6. The van der Waals surface area contributed by atoms with Gasteiger partial charge in [0.25, 0.3) is 0 Å². The summed E-state index contributed by atoms with van der Waals surface area (Å²) in [6, 6.07) is 9.83. The number of rotatable bonds is 10. The normalized spacial score (nSPS) is 13.4. The molecule has 2 unspecified atom stereocenters. The molecule has 8 nitrogen and oxygen atoms in total. The Morgan fingerprint density at radius 2 is 1.82 bits per heavy atom. The van der Waals surface area contributed by atoms with E-state index in [0.29, 0.717) is 28.6 Å². The van der Waals surface area contributed by atoms with Crippen molar-refractivity contribution in [3.8, 4) is 5.75 Å². The van der Waals surface area contributed by atoms with E-state index in [1.165, 1.54) is 17.3 Å². The van der Waals surface area contributed by atoms with E-state index in [9.17, 15) is 4.79 Å². The highest BCUT2D eigenvalue weighted by molar-refractivity contribution is 8.00. The maximum atomic E-state index is 12.6. The molecular weight excluding hydrogens is 438 g/mol. The van der Waals surface area contributed by atoms with Crippen molar-refractivity contribution in [3.63, 3.8) is 0 Å². The smallest absolute Gasteiger partial charge is 0.238 e. The van der Waals surface area contributed by atoms with Gasteiger partial charge in [-0.15, -0.1) is 10.2 Å². The number of carbonyl (C=O) groups excluding carboxylic acids is 1. The zero-order valence-corrected chi connectivity index (χ0v) is 21.1. The van der Waals surface area contributed by atoms with Gasteiger partial charge in [-0.1, -0.05) is 56.7 Å². The van der Waals surface area contributed by atoms with Gasteiger partial charge < -0.3 is 19.1 Å². The maximum Gasteiger partial charge on any atom is 0.238 e. The van der Waals surface area contributed by atoms with Crippen LogP contribution in [-0.2, 0) is 11.3 Å². The number of carbonyl (C=O) groups is 1. The van der Waals surface area contributed by atoms with Crippen LogP contribution in [0.15, 0.2) is 40.0 Å². The van der Waals surface area contributed by atoms with E-state index in [4.69, 9.17) is 9.26 Å². The van der Waals surface area contributed by atoms with E-state index in [-0.39, 0.29) is 12.0 Å². The predicted molar refractivity (Wildman–Crippen MR) is 130 cm³/mol. The monoisotopic (exact) mass is 471 g/mol. The van der Waals surface area contributed by atoms with E-state index in [1.807, 2.05) is 30.5 Å². The minimum atomic E-state index is -0.398. The lowest BCUT2D eigenvalue weighted by molar-refractivity contribution is -0.115. The van der Waals surface area contributed by atoms with E-state index in [2.05, 4.69) is 60.5 Å². The van der Waals surface area contributed by atoms with Crippen molar-refractivity contribution >= 4 is 23.5 Å². The lowest BCUT2D eigenvalue weighted by Crippen LogP contribution is -2.23. The Bertz CT molecular complexity index is 1060. The molecular formula is C24H33N5O3S. The quantitative estimate of drug-likeness (QED) is 0.384. The molecule has 3 rings (SSSR count). The summed E-state index contributed by atoms with van der Waals surface area (Å²) in [5.41, 5.74) is 1.27. The molecule has 2 aromatic heterocycles. The highest BCUT2D eigenvalue weighted by Crippen LogP contribution is 2.29. The van der Waals surface area contributed by atoms with Crippen LogP contribution in [-0.4, -0.2) is 31.1 Å². The summed E-state index contributed by atoms with van der Waals surface area (Å²) >= 11 is 1.36. The molecule has 2 heterocycles. The Hall–Kier alpha value is -2.81. The maximum absolute atomic E-state index is 12.6. The number of aromatic nitrogens is 4. The number of aryl methyl sites for hydroxylation is 1. The van der Waals surface area contributed by atoms with Crippen LogP contribution >= 0.6 is 11.8 Å². The van der Waals surface area contributed by atoms with Gasteiger partial charge in [-0.25, -0.2) is 0 Å². The number of anilines is 1. The molecule has 3 aromatic rings. The van der Waals surface area contributed by atoms with E-state index in [0.717, 1.165) is 18.1 Å². The summed E-state index contributed by atoms with van der Waals surface area (Å²) in [5.74, 6) is 3.23. The van der Waals surface area contributed by atoms with Crippen molar-refractivity contribution in [2.75, 3.05) is 5.32 Å². The molecule has 0 bridgehead atoms. The molecule has 1 amide bonds. The van der Waals surface area contributed by atoms with Gasteiger partial charge in [0, 0.05) is 12.6 Å². The number of benzene rings is 1. The first kappa shape index (κ1) is 24.8. The molecule has 0 saturated heterocycles. The van der Waals surface area contributed by atoms with Crippen molar-refractivity contribution in [2.24, 2.45) is 5.92 Å². The van der Waals surface area contributed by atoms with Crippen molar-refractivity contribution in [2.45, 2.75) is 77.4 Å². The standard InChI is InChI=1S/C24H33N5O3S/c1-14(2)13-29-22(17(6)31-20-10-8-19(9-11-20)15(3)4)26-27-24(29)33-18(7)23(30)25-21-12-16(5)32-28-21/h8-12,14-15,17-18H,13H2,1-7H3,(H,25,28,30). The number of thioether (sulfide) groups is 1. The Balaban J connectivity index is 1.73. The number of nitrogens with zero attached hydrogens (tertiary/aromatic N) is 4. The van der Waals surface area contributed by atoms with Crippen LogP contribution in [0.4, 0.5) is 5.82 Å². The Labute approximate surface area is 199 Å². The molecule has 1 N–H and O–H groups in total.